The number of morpholine rings is 1. The van der Waals surface area contributed by atoms with Crippen molar-refractivity contribution < 1.29 is 9.53 Å². The number of ether oxygens (including phenoxy) is 1. The molecular formula is C24H24N8O3S3. The largest absolute Gasteiger partial charge is 0.378 e. The monoisotopic (exact) mass is 568 g/mol. The Morgan fingerprint density at radius 2 is 2.08 bits per heavy atom. The van der Waals surface area contributed by atoms with Gasteiger partial charge in [-0.2, -0.15) is 9.36 Å². The molecule has 6 rings (SSSR count). The third-order valence-corrected chi connectivity index (χ3v) is 9.15. The zero-order chi connectivity index (χ0) is 26.2. The number of nitrogens with one attached hydrogen (secondary N) is 2. The molecule has 4 N–H and O–H groups in total. The van der Waals surface area contributed by atoms with Crippen LogP contribution in [0.25, 0.3) is 26.3 Å². The van der Waals surface area contributed by atoms with Crippen LogP contribution in [0.4, 0.5) is 21.8 Å². The molecule has 0 aliphatic carbocycles. The fourth-order valence-electron chi connectivity index (χ4n) is 4.28. The average Bonchev–Trinajstić information content (AvgIpc) is 3.67. The van der Waals surface area contributed by atoms with Crippen LogP contribution in [-0.4, -0.2) is 57.5 Å². The van der Waals surface area contributed by atoms with Gasteiger partial charge in [-0.1, -0.05) is 6.92 Å². The van der Waals surface area contributed by atoms with Crippen molar-refractivity contribution in [1.82, 2.24) is 18.7 Å². The van der Waals surface area contributed by atoms with Crippen LogP contribution in [0.3, 0.4) is 0 Å². The highest BCUT2D eigenvalue weighted by Gasteiger charge is 2.22. The quantitative estimate of drug-likeness (QED) is 0.253. The van der Waals surface area contributed by atoms with Crippen molar-refractivity contribution in [2.45, 2.75) is 13.3 Å². The number of carbonyl (C=O) groups excluding carboxylic acids is 1. The van der Waals surface area contributed by atoms with Gasteiger partial charge in [-0.15, -0.1) is 22.7 Å². The second-order valence-electron chi connectivity index (χ2n) is 8.63. The van der Waals surface area contributed by atoms with E-state index in [4.69, 9.17) is 10.5 Å². The molecule has 1 amide bonds. The zero-order valence-electron chi connectivity index (χ0n) is 20.4. The molecule has 5 aromatic rings. The van der Waals surface area contributed by atoms with Gasteiger partial charge < -0.3 is 26.0 Å². The number of anilines is 4. The summed E-state index contributed by atoms with van der Waals surface area (Å²) in [5, 5.41) is 10.1. The SMILES string of the molecule is CCCNc1nc(Nc2cc(-c3csc4c(=O)cc(N5CCOCC5)sc34)ns2)c(C(N)=O)c2nccn12. The molecule has 0 aromatic carbocycles. The van der Waals surface area contributed by atoms with E-state index in [1.54, 1.807) is 34.2 Å². The van der Waals surface area contributed by atoms with Crippen molar-refractivity contribution in [2.75, 3.05) is 48.4 Å². The molecule has 0 bridgehead atoms. The number of imidazole rings is 1. The molecule has 1 aliphatic heterocycles. The smallest absolute Gasteiger partial charge is 0.256 e. The van der Waals surface area contributed by atoms with Crippen LogP contribution in [0.5, 0.6) is 0 Å². The van der Waals surface area contributed by atoms with Crippen molar-refractivity contribution in [3.8, 4) is 11.3 Å². The van der Waals surface area contributed by atoms with Crippen LogP contribution in [0.15, 0.2) is 34.7 Å². The number of rotatable bonds is 8. The van der Waals surface area contributed by atoms with Crippen LogP contribution in [-0.2, 0) is 4.74 Å². The minimum Gasteiger partial charge on any atom is -0.378 e. The molecule has 14 heteroatoms. The Labute approximate surface area is 229 Å². The summed E-state index contributed by atoms with van der Waals surface area (Å²) in [4.78, 5) is 36.5. The van der Waals surface area contributed by atoms with E-state index in [9.17, 15) is 9.59 Å². The van der Waals surface area contributed by atoms with E-state index in [-0.39, 0.29) is 11.0 Å². The highest BCUT2D eigenvalue weighted by molar-refractivity contribution is 7.28. The van der Waals surface area contributed by atoms with Gasteiger partial charge in [0.2, 0.25) is 5.95 Å². The van der Waals surface area contributed by atoms with E-state index in [0.29, 0.717) is 42.2 Å². The number of hydrogen-bond donors (Lipinski definition) is 3. The molecule has 0 atom stereocenters. The predicted molar refractivity (Wildman–Crippen MR) is 154 cm³/mol. The summed E-state index contributed by atoms with van der Waals surface area (Å²) in [5.41, 5.74) is 8.01. The fraction of sp³-hybridized carbons (Fsp3) is 0.292. The molecule has 1 fully saturated rings. The molecule has 38 heavy (non-hydrogen) atoms. The summed E-state index contributed by atoms with van der Waals surface area (Å²) >= 11 is 4.27. The number of thiophene rings is 1. The van der Waals surface area contributed by atoms with Crippen LogP contribution < -0.4 is 26.7 Å². The van der Waals surface area contributed by atoms with E-state index >= 15 is 0 Å². The number of hydrogen-bond acceptors (Lipinski definition) is 12. The van der Waals surface area contributed by atoms with Crippen molar-refractivity contribution >= 4 is 76.9 Å². The minimum atomic E-state index is -0.632. The highest BCUT2D eigenvalue weighted by atomic mass is 32.1. The molecule has 11 nitrogen and oxygen atoms in total. The Balaban J connectivity index is 1.36. The molecule has 0 spiro atoms. The number of fused-ring (bicyclic) bond motifs is 2. The molecule has 1 aliphatic rings. The van der Waals surface area contributed by atoms with Gasteiger partial charge in [-0.05, 0) is 18.0 Å². The standard InChI is InChI=1S/C24H24N8O3S3/c1-2-3-27-24-29-22(18(21(25)34)23-26-4-5-32(23)24)28-16-10-14(30-38-16)13-12-36-20-15(33)11-17(37-19(13)20)31-6-8-35-9-7-31/h4-5,10-12,28H,2-3,6-9H2,1H3,(H2,25,34)(H,27,29). The van der Waals surface area contributed by atoms with Crippen LogP contribution >= 0.6 is 34.2 Å². The van der Waals surface area contributed by atoms with Gasteiger partial charge in [0.15, 0.2) is 16.9 Å². The minimum absolute atomic E-state index is 0.0143. The number of primary amides is 1. The normalized spacial score (nSPS) is 13.9. The molecule has 1 saturated heterocycles. The maximum atomic E-state index is 12.9. The van der Waals surface area contributed by atoms with Crippen molar-refractivity contribution in [1.29, 1.82) is 0 Å². The first kappa shape index (κ1) is 24.7. The summed E-state index contributed by atoms with van der Waals surface area (Å²) < 4.78 is 13.5. The molecule has 5 aromatic heterocycles. The van der Waals surface area contributed by atoms with Gasteiger partial charge in [0.05, 0.1) is 33.3 Å². The van der Waals surface area contributed by atoms with Crippen molar-refractivity contribution in [3.05, 3.63) is 45.7 Å². The molecule has 0 saturated carbocycles. The van der Waals surface area contributed by atoms with Crippen LogP contribution in [0, 0.1) is 0 Å². The van der Waals surface area contributed by atoms with Gasteiger partial charge in [0, 0.05) is 55.1 Å². The molecule has 196 valence electrons. The Kier molecular flexibility index (Phi) is 6.69. The second-order valence-corrected chi connectivity index (χ2v) is 11.3. The number of carbonyl (C=O) groups is 1. The van der Waals surface area contributed by atoms with E-state index in [1.807, 2.05) is 11.4 Å². The van der Waals surface area contributed by atoms with Gasteiger partial charge in [0.25, 0.3) is 5.91 Å². The van der Waals surface area contributed by atoms with Gasteiger partial charge >= 0.3 is 0 Å². The summed E-state index contributed by atoms with van der Waals surface area (Å²) in [6.07, 6.45) is 4.25. The maximum Gasteiger partial charge on any atom is 0.256 e. The van der Waals surface area contributed by atoms with E-state index < -0.39 is 5.91 Å². The highest BCUT2D eigenvalue weighted by Crippen LogP contribution is 2.40. The second kappa shape index (κ2) is 10.3. The Bertz CT molecular complexity index is 1700. The Morgan fingerprint density at radius 1 is 1.24 bits per heavy atom. The lowest BCUT2D eigenvalue weighted by molar-refractivity contribution is 0.100. The number of aromatic nitrogens is 4. The first-order valence-corrected chi connectivity index (χ1v) is 14.5. The third-order valence-electron chi connectivity index (χ3n) is 6.11. The number of amides is 1. The van der Waals surface area contributed by atoms with Gasteiger partial charge in [-0.25, -0.2) is 4.98 Å². The van der Waals surface area contributed by atoms with E-state index in [1.165, 1.54) is 22.9 Å². The fourth-order valence-corrected chi connectivity index (χ4v) is 7.30. The lowest BCUT2D eigenvalue weighted by atomic mass is 10.2. The zero-order valence-corrected chi connectivity index (χ0v) is 22.8. The number of nitrogens with zero attached hydrogens (tertiary/aromatic N) is 5. The topological polar surface area (TPSA) is 140 Å². The Morgan fingerprint density at radius 3 is 2.87 bits per heavy atom. The lowest BCUT2D eigenvalue weighted by Gasteiger charge is -2.28. The molecule has 0 unspecified atom stereocenters. The van der Waals surface area contributed by atoms with Gasteiger partial charge in [0.1, 0.15) is 10.6 Å². The first-order valence-electron chi connectivity index (χ1n) is 12.1. The summed E-state index contributed by atoms with van der Waals surface area (Å²) in [7, 11) is 0. The summed E-state index contributed by atoms with van der Waals surface area (Å²) in [6.45, 7) is 5.59. The predicted octanol–water partition coefficient (Wildman–Crippen LogP) is 3.99. The van der Waals surface area contributed by atoms with Gasteiger partial charge in [-0.3, -0.25) is 14.0 Å². The maximum absolute atomic E-state index is 12.9. The number of nitrogens with two attached hydrogens (primary N) is 1. The molecular weight excluding hydrogens is 545 g/mol. The summed E-state index contributed by atoms with van der Waals surface area (Å²) in [6, 6.07) is 3.62. The first-order chi connectivity index (χ1) is 18.5. The lowest BCUT2D eigenvalue weighted by Crippen LogP contribution is -2.36. The summed E-state index contributed by atoms with van der Waals surface area (Å²) in [5.74, 6) is 0.229. The Hall–Kier alpha value is -3.59. The van der Waals surface area contributed by atoms with Crippen molar-refractivity contribution in [2.24, 2.45) is 5.73 Å². The average molecular weight is 569 g/mol. The van der Waals surface area contributed by atoms with E-state index in [2.05, 4.69) is 36.8 Å². The van der Waals surface area contributed by atoms with Crippen LogP contribution in [0.1, 0.15) is 23.7 Å². The molecule has 0 radical (unpaired) electrons. The van der Waals surface area contributed by atoms with Crippen molar-refractivity contribution in [3.63, 3.8) is 0 Å². The van der Waals surface area contributed by atoms with Crippen LogP contribution in [0.2, 0.25) is 0 Å². The third kappa shape index (κ3) is 4.49. The molecule has 6 heterocycles. The van der Waals surface area contributed by atoms with E-state index in [0.717, 1.165) is 45.2 Å².